The van der Waals surface area contributed by atoms with Gasteiger partial charge in [-0.1, -0.05) is 12.1 Å². The third-order valence-corrected chi connectivity index (χ3v) is 5.93. The zero-order valence-corrected chi connectivity index (χ0v) is 19.5. The molecule has 0 aliphatic carbocycles. The van der Waals surface area contributed by atoms with Crippen molar-refractivity contribution in [2.75, 3.05) is 42.9 Å². The number of halogens is 1. The van der Waals surface area contributed by atoms with Gasteiger partial charge >= 0.3 is 0 Å². The first kappa shape index (κ1) is 23.0. The van der Waals surface area contributed by atoms with Crippen LogP contribution < -0.4 is 14.7 Å². The Balaban J connectivity index is 1.89. The number of nitrogens with zero attached hydrogens (tertiary/aromatic N) is 3. The second kappa shape index (κ2) is 9.02. The summed E-state index contributed by atoms with van der Waals surface area (Å²) in [5.74, 6) is -2.33. The standard InChI is InChI=1S/C27H26FN3O3/c1-29(2)20-11-7-17(8-12-20)24-23(25(32)18-5-9-19(28)10-6-18)26(33)27(34)31(24)22-15-13-21(14-16-22)30(3)4/h5-16,24,32H,1-4H3/b25-23-. The number of hydrogen-bond acceptors (Lipinski definition) is 5. The molecule has 3 aromatic rings. The van der Waals surface area contributed by atoms with E-state index in [-0.39, 0.29) is 16.9 Å². The average Bonchev–Trinajstić information content (AvgIpc) is 3.09. The number of ketones is 1. The lowest BCUT2D eigenvalue weighted by Crippen LogP contribution is -2.29. The summed E-state index contributed by atoms with van der Waals surface area (Å²) in [6.07, 6.45) is 0. The van der Waals surface area contributed by atoms with Crippen LogP contribution in [0.15, 0.2) is 78.4 Å². The molecule has 0 spiro atoms. The molecule has 6 nitrogen and oxygen atoms in total. The number of aliphatic hydroxyl groups is 1. The van der Waals surface area contributed by atoms with Gasteiger partial charge in [0.05, 0.1) is 11.6 Å². The van der Waals surface area contributed by atoms with Crippen molar-refractivity contribution in [1.29, 1.82) is 0 Å². The van der Waals surface area contributed by atoms with Crippen LogP contribution in [-0.4, -0.2) is 45.0 Å². The molecule has 174 valence electrons. The third-order valence-electron chi connectivity index (χ3n) is 5.93. The van der Waals surface area contributed by atoms with Gasteiger partial charge in [-0.2, -0.15) is 0 Å². The van der Waals surface area contributed by atoms with Crippen LogP contribution in [0.1, 0.15) is 17.2 Å². The fourth-order valence-corrected chi connectivity index (χ4v) is 4.04. The zero-order valence-electron chi connectivity index (χ0n) is 19.5. The average molecular weight is 460 g/mol. The van der Waals surface area contributed by atoms with E-state index in [1.165, 1.54) is 29.2 Å². The topological polar surface area (TPSA) is 64.1 Å². The van der Waals surface area contributed by atoms with Crippen molar-refractivity contribution in [2.45, 2.75) is 6.04 Å². The number of anilines is 3. The Morgan fingerprint density at radius 3 is 1.79 bits per heavy atom. The van der Waals surface area contributed by atoms with E-state index in [4.69, 9.17) is 0 Å². The first-order valence-corrected chi connectivity index (χ1v) is 10.8. The molecule has 0 radical (unpaired) electrons. The van der Waals surface area contributed by atoms with Gasteiger partial charge in [0.2, 0.25) is 0 Å². The first-order chi connectivity index (χ1) is 16.2. The summed E-state index contributed by atoms with van der Waals surface area (Å²) in [5, 5.41) is 11.1. The molecule has 1 atom stereocenters. The number of carbonyl (C=O) groups excluding carboxylic acids is 2. The molecule has 1 heterocycles. The summed E-state index contributed by atoms with van der Waals surface area (Å²) >= 11 is 0. The second-order valence-electron chi connectivity index (χ2n) is 8.57. The van der Waals surface area contributed by atoms with E-state index in [0.717, 1.165) is 11.4 Å². The van der Waals surface area contributed by atoms with Crippen LogP contribution in [-0.2, 0) is 9.59 Å². The molecule has 1 unspecified atom stereocenters. The molecule has 1 aliphatic heterocycles. The molecule has 1 N–H and O–H groups in total. The van der Waals surface area contributed by atoms with Crippen molar-refractivity contribution < 1.29 is 19.1 Å². The molecular formula is C27H26FN3O3. The van der Waals surface area contributed by atoms with Gasteiger partial charge in [0.25, 0.3) is 11.7 Å². The van der Waals surface area contributed by atoms with Gasteiger partial charge in [0, 0.05) is 50.8 Å². The smallest absolute Gasteiger partial charge is 0.300 e. The molecule has 1 aliphatic rings. The monoisotopic (exact) mass is 459 g/mol. The number of hydrogen-bond donors (Lipinski definition) is 1. The number of aliphatic hydroxyl groups excluding tert-OH is 1. The van der Waals surface area contributed by atoms with E-state index in [9.17, 15) is 19.1 Å². The Bertz CT molecular complexity index is 1250. The summed E-state index contributed by atoms with van der Waals surface area (Å²) in [5.41, 5.74) is 3.33. The number of Topliss-reactive ketones (excluding diaryl/α,β-unsaturated/α-hetero) is 1. The van der Waals surface area contributed by atoms with E-state index in [2.05, 4.69) is 0 Å². The zero-order chi connectivity index (χ0) is 24.6. The highest BCUT2D eigenvalue weighted by Gasteiger charge is 2.47. The van der Waals surface area contributed by atoms with Crippen LogP contribution >= 0.6 is 0 Å². The van der Waals surface area contributed by atoms with E-state index >= 15 is 0 Å². The van der Waals surface area contributed by atoms with Crippen LogP contribution in [0.3, 0.4) is 0 Å². The quantitative estimate of drug-likeness (QED) is 0.344. The lowest BCUT2D eigenvalue weighted by atomic mass is 9.95. The normalized spacial score (nSPS) is 17.2. The van der Waals surface area contributed by atoms with Crippen molar-refractivity contribution in [2.24, 2.45) is 0 Å². The lowest BCUT2D eigenvalue weighted by molar-refractivity contribution is -0.132. The fraction of sp³-hybridized carbons (Fsp3) is 0.185. The highest BCUT2D eigenvalue weighted by atomic mass is 19.1. The van der Waals surface area contributed by atoms with Crippen molar-refractivity contribution in [3.05, 3.63) is 95.3 Å². The Labute approximate surface area is 198 Å². The van der Waals surface area contributed by atoms with E-state index in [1.807, 2.05) is 74.4 Å². The van der Waals surface area contributed by atoms with Crippen LogP contribution in [0, 0.1) is 5.82 Å². The lowest BCUT2D eigenvalue weighted by Gasteiger charge is -2.26. The summed E-state index contributed by atoms with van der Waals surface area (Å²) < 4.78 is 13.4. The van der Waals surface area contributed by atoms with Gasteiger partial charge < -0.3 is 14.9 Å². The fourth-order valence-electron chi connectivity index (χ4n) is 4.04. The Kier molecular flexibility index (Phi) is 6.11. The van der Waals surface area contributed by atoms with Gasteiger partial charge in [0.15, 0.2) is 0 Å². The van der Waals surface area contributed by atoms with Crippen molar-refractivity contribution >= 4 is 34.5 Å². The van der Waals surface area contributed by atoms with Crippen molar-refractivity contribution in [3.8, 4) is 0 Å². The molecular weight excluding hydrogens is 433 g/mol. The molecule has 4 rings (SSSR count). The maximum absolute atomic E-state index is 13.4. The maximum atomic E-state index is 13.4. The molecule has 34 heavy (non-hydrogen) atoms. The van der Waals surface area contributed by atoms with E-state index in [0.29, 0.717) is 11.3 Å². The number of carbonyl (C=O) groups is 2. The highest BCUT2D eigenvalue weighted by molar-refractivity contribution is 6.51. The van der Waals surface area contributed by atoms with Crippen LogP contribution in [0.5, 0.6) is 0 Å². The second-order valence-corrected chi connectivity index (χ2v) is 8.57. The molecule has 0 aromatic heterocycles. The highest BCUT2D eigenvalue weighted by Crippen LogP contribution is 2.42. The molecule has 0 saturated carbocycles. The Morgan fingerprint density at radius 2 is 1.29 bits per heavy atom. The van der Waals surface area contributed by atoms with Crippen LogP contribution in [0.2, 0.25) is 0 Å². The largest absolute Gasteiger partial charge is 0.507 e. The Hall–Kier alpha value is -4.13. The minimum atomic E-state index is -0.841. The minimum Gasteiger partial charge on any atom is -0.507 e. The molecule has 1 saturated heterocycles. The first-order valence-electron chi connectivity index (χ1n) is 10.8. The Morgan fingerprint density at radius 1 is 0.794 bits per heavy atom. The predicted octanol–water partition coefficient (Wildman–Crippen LogP) is 4.58. The predicted molar refractivity (Wildman–Crippen MR) is 133 cm³/mol. The van der Waals surface area contributed by atoms with Gasteiger partial charge in [-0.25, -0.2) is 4.39 Å². The summed E-state index contributed by atoms with van der Waals surface area (Å²) in [7, 11) is 7.66. The molecule has 1 fully saturated rings. The molecule has 7 heteroatoms. The molecule has 1 amide bonds. The summed E-state index contributed by atoms with van der Waals surface area (Å²) in [6.45, 7) is 0. The molecule has 3 aromatic carbocycles. The summed E-state index contributed by atoms with van der Waals surface area (Å²) in [4.78, 5) is 31.7. The maximum Gasteiger partial charge on any atom is 0.300 e. The molecule has 0 bridgehead atoms. The van der Waals surface area contributed by atoms with Crippen LogP contribution in [0.4, 0.5) is 21.5 Å². The van der Waals surface area contributed by atoms with E-state index in [1.54, 1.807) is 12.1 Å². The van der Waals surface area contributed by atoms with Gasteiger partial charge in [-0.05, 0) is 66.2 Å². The number of rotatable bonds is 5. The number of benzene rings is 3. The van der Waals surface area contributed by atoms with Crippen molar-refractivity contribution in [1.82, 2.24) is 0 Å². The van der Waals surface area contributed by atoms with Crippen molar-refractivity contribution in [3.63, 3.8) is 0 Å². The number of amides is 1. The third kappa shape index (κ3) is 4.12. The van der Waals surface area contributed by atoms with Gasteiger partial charge in [0.1, 0.15) is 11.6 Å². The van der Waals surface area contributed by atoms with Gasteiger partial charge in [-0.3, -0.25) is 14.5 Å². The SMILES string of the molecule is CN(C)c1ccc(C2/C(=C(/O)c3ccc(F)cc3)C(=O)C(=O)N2c2ccc(N(C)C)cc2)cc1. The van der Waals surface area contributed by atoms with Gasteiger partial charge in [-0.15, -0.1) is 0 Å². The van der Waals surface area contributed by atoms with Crippen LogP contribution in [0.25, 0.3) is 5.76 Å². The van der Waals surface area contributed by atoms with E-state index < -0.39 is 23.5 Å². The summed E-state index contributed by atoms with van der Waals surface area (Å²) in [6, 6.07) is 19.1. The minimum absolute atomic E-state index is 0.0362.